The van der Waals surface area contributed by atoms with Gasteiger partial charge in [-0.05, 0) is 16.7 Å². The van der Waals surface area contributed by atoms with Crippen molar-refractivity contribution in [2.45, 2.75) is 23.3 Å². The number of β-lactam (4-membered cyclic amide) rings is 1. The third kappa shape index (κ3) is 4.72. The van der Waals surface area contributed by atoms with Crippen LogP contribution in [0.4, 0.5) is 4.79 Å². The van der Waals surface area contributed by atoms with Crippen molar-refractivity contribution in [3.63, 3.8) is 0 Å². The smallest absolute Gasteiger partial charge is 0.404 e. The summed E-state index contributed by atoms with van der Waals surface area (Å²) in [4.78, 5) is 53.3. The van der Waals surface area contributed by atoms with Crippen molar-refractivity contribution in [3.8, 4) is 0 Å². The zero-order valence-electron chi connectivity index (χ0n) is 21.6. The highest BCUT2D eigenvalue weighted by Crippen LogP contribution is 2.51. The number of hydrogen-bond acceptors (Lipinski definition) is 8. The van der Waals surface area contributed by atoms with Crippen LogP contribution >= 0.6 is 11.8 Å². The Bertz CT molecular complexity index is 1490. The van der Waals surface area contributed by atoms with Gasteiger partial charge in [0.25, 0.3) is 17.5 Å². The summed E-state index contributed by atoms with van der Waals surface area (Å²) in [5.41, 5.74) is 5.89. The molecule has 10 nitrogen and oxygen atoms in total. The van der Waals surface area contributed by atoms with Crippen molar-refractivity contribution in [1.82, 2.24) is 10.2 Å². The Balaban J connectivity index is 1.33. The first-order valence-corrected chi connectivity index (χ1v) is 13.9. The molecule has 3 heterocycles. The summed E-state index contributed by atoms with van der Waals surface area (Å²) in [5.74, 6) is -1.66. The number of amides is 3. The van der Waals surface area contributed by atoms with E-state index in [-0.39, 0.29) is 18.1 Å². The van der Waals surface area contributed by atoms with Crippen LogP contribution in [-0.4, -0.2) is 52.2 Å². The van der Waals surface area contributed by atoms with Crippen LogP contribution in [0.5, 0.6) is 0 Å². The van der Waals surface area contributed by atoms with Gasteiger partial charge in [0.05, 0.1) is 0 Å². The Kier molecular flexibility index (Phi) is 6.98. The van der Waals surface area contributed by atoms with Crippen molar-refractivity contribution in [2.75, 3.05) is 12.4 Å². The minimum Gasteiger partial charge on any atom is -0.448 e. The summed E-state index contributed by atoms with van der Waals surface area (Å²) < 4.78 is 17.2. The molecule has 41 heavy (non-hydrogen) atoms. The van der Waals surface area contributed by atoms with Crippen LogP contribution in [0.25, 0.3) is 0 Å². The number of thioether (sulfide) groups is 1. The standard InChI is InChI=1S/C30H25N3O7S/c31-29(37)38-16-21-17-41-28-30(32-25(34)24(40-30)20-14-8-3-9-15-20)27(36)33(28)22(21)26(35)39-23(18-10-4-1-5-11-18)19-12-6-2-7-13-19/h1-15,23-24,28H,16-17H2,(H2,31,37)(H,32,34)/t24?,28-,30?/m1/s1. The molecule has 3 aliphatic heterocycles. The molecule has 0 aromatic heterocycles. The highest BCUT2D eigenvalue weighted by molar-refractivity contribution is 8.00. The number of esters is 1. The number of carbonyl (C=O) groups is 4. The van der Waals surface area contributed by atoms with Crippen LogP contribution < -0.4 is 11.1 Å². The molecule has 0 saturated carbocycles. The summed E-state index contributed by atoms with van der Waals surface area (Å²) >= 11 is 1.27. The maximum Gasteiger partial charge on any atom is 0.404 e. The van der Waals surface area contributed by atoms with E-state index in [2.05, 4.69) is 5.32 Å². The molecule has 2 fully saturated rings. The van der Waals surface area contributed by atoms with Crippen LogP contribution in [0.1, 0.15) is 28.9 Å². The Labute approximate surface area is 239 Å². The zero-order valence-corrected chi connectivity index (χ0v) is 22.4. The first kappa shape index (κ1) is 26.6. The SMILES string of the molecule is NC(=O)OCC1=C(C(=O)OC(c2ccccc2)c2ccccc2)N2C(=O)C3(NC(=O)C(c4ccccc4)O3)[C@H]2SC1. The van der Waals surface area contributed by atoms with Gasteiger partial charge in [0, 0.05) is 11.3 Å². The van der Waals surface area contributed by atoms with Crippen molar-refractivity contribution in [2.24, 2.45) is 5.73 Å². The highest BCUT2D eigenvalue weighted by atomic mass is 32.2. The Morgan fingerprint density at radius 3 is 2.15 bits per heavy atom. The molecule has 0 bridgehead atoms. The Morgan fingerprint density at radius 1 is 0.976 bits per heavy atom. The van der Waals surface area contributed by atoms with Gasteiger partial charge in [0.2, 0.25) is 0 Å². The molecule has 3 atom stereocenters. The van der Waals surface area contributed by atoms with Gasteiger partial charge in [-0.1, -0.05) is 91.0 Å². The van der Waals surface area contributed by atoms with Crippen LogP contribution in [0.2, 0.25) is 0 Å². The average molecular weight is 572 g/mol. The number of nitrogens with one attached hydrogen (secondary N) is 1. The molecule has 208 valence electrons. The van der Waals surface area contributed by atoms with Gasteiger partial charge in [-0.15, -0.1) is 11.8 Å². The summed E-state index contributed by atoms with van der Waals surface area (Å²) in [6.45, 7) is -0.308. The molecule has 0 radical (unpaired) electrons. The highest BCUT2D eigenvalue weighted by Gasteiger charge is 2.71. The lowest BCUT2D eigenvalue weighted by atomic mass is 9.98. The summed E-state index contributed by atoms with van der Waals surface area (Å²) in [6.07, 6.45) is -2.78. The van der Waals surface area contributed by atoms with Crippen molar-refractivity contribution >= 4 is 35.6 Å². The third-order valence-corrected chi connectivity index (χ3v) is 8.45. The second kappa shape index (κ2) is 10.8. The summed E-state index contributed by atoms with van der Waals surface area (Å²) in [6, 6.07) is 27.3. The molecule has 2 saturated heterocycles. The number of carbonyl (C=O) groups excluding carboxylic acids is 4. The minimum atomic E-state index is -1.65. The van der Waals surface area contributed by atoms with E-state index in [0.717, 1.165) is 11.1 Å². The first-order chi connectivity index (χ1) is 19.9. The Hall–Kier alpha value is -4.61. The van der Waals surface area contributed by atoms with Gasteiger partial charge < -0.3 is 25.3 Å². The predicted molar refractivity (Wildman–Crippen MR) is 148 cm³/mol. The number of ether oxygens (including phenoxy) is 3. The van der Waals surface area contributed by atoms with E-state index < -0.39 is 47.2 Å². The average Bonchev–Trinajstić information content (AvgIpc) is 3.38. The summed E-state index contributed by atoms with van der Waals surface area (Å²) in [5, 5.41) is 1.98. The van der Waals surface area contributed by atoms with Crippen LogP contribution in [0.15, 0.2) is 102 Å². The molecule has 3 aliphatic rings. The van der Waals surface area contributed by atoms with E-state index >= 15 is 0 Å². The molecule has 3 amide bonds. The lowest BCUT2D eigenvalue weighted by Gasteiger charge is -2.54. The number of rotatable bonds is 7. The monoisotopic (exact) mass is 571 g/mol. The zero-order chi connectivity index (χ0) is 28.6. The van der Waals surface area contributed by atoms with Gasteiger partial charge in [-0.2, -0.15) is 0 Å². The van der Waals surface area contributed by atoms with E-state index in [1.165, 1.54) is 16.7 Å². The Morgan fingerprint density at radius 2 is 1.56 bits per heavy atom. The molecular weight excluding hydrogens is 546 g/mol. The van der Waals surface area contributed by atoms with Crippen molar-refractivity contribution in [1.29, 1.82) is 0 Å². The lowest BCUT2D eigenvalue weighted by Crippen LogP contribution is -2.78. The van der Waals surface area contributed by atoms with E-state index in [1.54, 1.807) is 24.3 Å². The molecule has 0 aliphatic carbocycles. The second-order valence-corrected chi connectivity index (χ2v) is 10.7. The van der Waals surface area contributed by atoms with Crippen LogP contribution in [-0.2, 0) is 28.6 Å². The quantitative estimate of drug-likeness (QED) is 0.326. The largest absolute Gasteiger partial charge is 0.448 e. The number of nitrogens with zero attached hydrogens (tertiary/aromatic N) is 1. The van der Waals surface area contributed by atoms with Crippen molar-refractivity contribution in [3.05, 3.63) is 119 Å². The van der Waals surface area contributed by atoms with Crippen molar-refractivity contribution < 1.29 is 33.4 Å². The molecule has 3 aromatic carbocycles. The maximum absolute atomic E-state index is 13.9. The number of fused-ring (bicyclic) bond motifs is 2. The topological polar surface area (TPSA) is 137 Å². The van der Waals surface area contributed by atoms with E-state index in [9.17, 15) is 19.2 Å². The minimum absolute atomic E-state index is 0.0662. The van der Waals surface area contributed by atoms with Gasteiger partial charge >= 0.3 is 12.1 Å². The van der Waals surface area contributed by atoms with Gasteiger partial charge in [0.15, 0.2) is 12.2 Å². The third-order valence-electron chi connectivity index (χ3n) is 7.07. The number of nitrogens with two attached hydrogens (primary N) is 1. The van der Waals surface area contributed by atoms with E-state index in [1.807, 2.05) is 66.7 Å². The predicted octanol–water partition coefficient (Wildman–Crippen LogP) is 3.17. The fourth-order valence-electron chi connectivity index (χ4n) is 5.18. The maximum atomic E-state index is 13.9. The number of primary amides is 1. The van der Waals surface area contributed by atoms with Gasteiger partial charge in [0.1, 0.15) is 17.7 Å². The molecule has 3 aromatic rings. The molecular formula is C30H25N3O7S. The van der Waals surface area contributed by atoms with Crippen LogP contribution in [0, 0.1) is 0 Å². The van der Waals surface area contributed by atoms with E-state index in [0.29, 0.717) is 11.1 Å². The van der Waals surface area contributed by atoms with Gasteiger partial charge in [-0.3, -0.25) is 14.5 Å². The molecule has 3 N–H and O–H groups in total. The van der Waals surface area contributed by atoms with Crippen LogP contribution in [0.3, 0.4) is 0 Å². The fourth-order valence-corrected chi connectivity index (χ4v) is 6.56. The number of benzene rings is 3. The number of hydrogen-bond donors (Lipinski definition) is 2. The van der Waals surface area contributed by atoms with Gasteiger partial charge in [-0.25, -0.2) is 9.59 Å². The lowest BCUT2D eigenvalue weighted by molar-refractivity contribution is -0.191. The second-order valence-electron chi connectivity index (χ2n) is 9.64. The molecule has 6 rings (SSSR count). The summed E-state index contributed by atoms with van der Waals surface area (Å²) in [7, 11) is 0. The fraction of sp³-hybridized carbons (Fsp3) is 0.200. The van der Waals surface area contributed by atoms with E-state index in [4.69, 9.17) is 19.9 Å². The normalized spacial score (nSPS) is 23.2. The first-order valence-electron chi connectivity index (χ1n) is 12.8. The molecule has 11 heteroatoms. The molecule has 2 unspecified atom stereocenters. The molecule has 1 spiro atoms.